The van der Waals surface area contributed by atoms with Crippen LogP contribution in [0.2, 0.25) is 0 Å². The highest BCUT2D eigenvalue weighted by Crippen LogP contribution is 2.30. The van der Waals surface area contributed by atoms with Gasteiger partial charge in [0.05, 0.1) is 27.6 Å². The second-order valence-corrected chi connectivity index (χ2v) is 13.9. The van der Waals surface area contributed by atoms with E-state index in [4.69, 9.17) is 16.6 Å². The maximum atomic E-state index is 14.4. The minimum Gasteiger partial charge on any atom is -0.384 e. The molecular formula is C40H36F2N10O3. The summed E-state index contributed by atoms with van der Waals surface area (Å²) in [5, 5.41) is 18.3. The van der Waals surface area contributed by atoms with Gasteiger partial charge in [-0.25, -0.2) is 18.7 Å². The van der Waals surface area contributed by atoms with Crippen molar-refractivity contribution in [3.63, 3.8) is 0 Å². The summed E-state index contributed by atoms with van der Waals surface area (Å²) in [6.07, 6.45) is 2.29. The zero-order valence-electron chi connectivity index (χ0n) is 29.7. The molecule has 2 fully saturated rings. The van der Waals surface area contributed by atoms with E-state index in [-0.39, 0.29) is 34.6 Å². The van der Waals surface area contributed by atoms with Crippen molar-refractivity contribution in [3.05, 3.63) is 101 Å². The number of aromatic nitrogens is 4. The molecule has 15 heteroatoms. The number of hydrogen-bond donors (Lipinski definition) is 6. The Balaban J connectivity index is 0.923. The third kappa shape index (κ3) is 6.57. The summed E-state index contributed by atoms with van der Waals surface area (Å²) in [5.74, 6) is -1.42. The highest BCUT2D eigenvalue weighted by atomic mass is 19.1. The Morgan fingerprint density at radius 1 is 0.764 bits per heavy atom. The lowest BCUT2D eigenvalue weighted by Gasteiger charge is -2.31. The van der Waals surface area contributed by atoms with Crippen LogP contribution in [0, 0.1) is 22.5 Å². The van der Waals surface area contributed by atoms with Crippen LogP contribution in [-0.2, 0) is 9.59 Å². The molecule has 4 aromatic carbocycles. The number of likely N-dealkylation sites (tertiary alicyclic amines) is 2. The van der Waals surface area contributed by atoms with E-state index in [0.29, 0.717) is 89.3 Å². The number of carbonyl (C=O) groups is 3. The third-order valence-corrected chi connectivity index (χ3v) is 10.3. The maximum Gasteiger partial charge on any atom is 0.254 e. The van der Waals surface area contributed by atoms with E-state index in [1.807, 2.05) is 0 Å². The first-order valence-corrected chi connectivity index (χ1v) is 17.9. The van der Waals surface area contributed by atoms with Gasteiger partial charge >= 0.3 is 0 Å². The first-order valence-electron chi connectivity index (χ1n) is 17.9. The molecule has 2 aliphatic heterocycles. The van der Waals surface area contributed by atoms with Crippen LogP contribution in [0.25, 0.3) is 44.8 Å². The van der Waals surface area contributed by atoms with Gasteiger partial charge in [0.2, 0.25) is 11.8 Å². The number of anilines is 1. The minimum atomic E-state index is -0.697. The summed E-state index contributed by atoms with van der Waals surface area (Å²) in [7, 11) is 0. The van der Waals surface area contributed by atoms with Gasteiger partial charge in [-0.1, -0.05) is 12.1 Å². The fourth-order valence-electron chi connectivity index (χ4n) is 7.46. The van der Waals surface area contributed by atoms with Gasteiger partial charge in [0.1, 0.15) is 41.2 Å². The van der Waals surface area contributed by atoms with E-state index in [9.17, 15) is 23.2 Å². The van der Waals surface area contributed by atoms with Crippen LogP contribution in [0.1, 0.15) is 54.1 Å². The zero-order chi connectivity index (χ0) is 38.5. The van der Waals surface area contributed by atoms with Gasteiger partial charge in [-0.05, 0) is 81.1 Å². The average Bonchev–Trinajstić information content (AvgIpc) is 4.00. The van der Waals surface area contributed by atoms with Gasteiger partial charge in [-0.15, -0.1) is 0 Å². The number of hydrogen-bond acceptors (Lipinski definition) is 7. The number of nitrogens with two attached hydrogens (primary N) is 1. The standard InChI is InChI=1S/C40H36F2N10O3/c1-20(43)25-16-29-31(18-27(25)41)49-37(47-29)22-10-12-24(13-11-22)46-38(53)33-4-2-14-51(33)40(55)34-5-3-15-52(34)39(54)23-8-6-21(7-9-23)36-48-30-17-26(35(44)45)28(42)19-32(30)50-36/h6-13,16-19,33-34,43H,2-5,14-15H2,1H3,(H3,44,45)(H,46,53)(H,47,49)(H,48,50)/t33-,34-/m0/s1. The second-order valence-electron chi connectivity index (χ2n) is 13.9. The van der Waals surface area contributed by atoms with Gasteiger partial charge in [-0.2, -0.15) is 0 Å². The van der Waals surface area contributed by atoms with Crippen LogP contribution in [0.15, 0.2) is 72.8 Å². The number of nitrogen functional groups attached to an aromatic ring is 1. The molecule has 2 atom stereocenters. The highest BCUT2D eigenvalue weighted by molar-refractivity contribution is 6.02. The molecule has 2 aliphatic rings. The first kappa shape index (κ1) is 35.3. The van der Waals surface area contributed by atoms with Crippen LogP contribution in [0.4, 0.5) is 14.5 Å². The summed E-state index contributed by atoms with van der Waals surface area (Å²) < 4.78 is 28.8. The number of nitrogens with zero attached hydrogens (tertiary/aromatic N) is 4. The molecule has 2 aromatic heterocycles. The molecule has 278 valence electrons. The molecule has 0 bridgehead atoms. The predicted molar refractivity (Wildman–Crippen MR) is 204 cm³/mol. The van der Waals surface area contributed by atoms with Gasteiger partial charge in [0, 0.05) is 58.9 Å². The lowest BCUT2D eigenvalue weighted by Crippen LogP contribution is -2.51. The van der Waals surface area contributed by atoms with Crippen LogP contribution in [0.3, 0.4) is 0 Å². The van der Waals surface area contributed by atoms with E-state index >= 15 is 0 Å². The number of aromatic amines is 2. The molecule has 55 heavy (non-hydrogen) atoms. The molecule has 13 nitrogen and oxygen atoms in total. The zero-order valence-corrected chi connectivity index (χ0v) is 29.7. The monoisotopic (exact) mass is 742 g/mol. The lowest BCUT2D eigenvalue weighted by molar-refractivity contribution is -0.139. The number of imidazole rings is 2. The van der Waals surface area contributed by atoms with Crippen molar-refractivity contribution in [1.82, 2.24) is 29.7 Å². The Morgan fingerprint density at radius 3 is 1.87 bits per heavy atom. The van der Waals surface area contributed by atoms with E-state index in [2.05, 4.69) is 25.3 Å². The number of rotatable bonds is 8. The quantitative estimate of drug-likeness (QED) is 0.0821. The van der Waals surface area contributed by atoms with Gasteiger partial charge in [0.25, 0.3) is 5.91 Å². The Kier molecular flexibility index (Phi) is 8.91. The first-order chi connectivity index (χ1) is 26.4. The number of benzene rings is 4. The molecule has 4 heterocycles. The van der Waals surface area contributed by atoms with Crippen molar-refractivity contribution < 1.29 is 23.2 Å². The second kappa shape index (κ2) is 13.9. The van der Waals surface area contributed by atoms with Crippen LogP contribution < -0.4 is 11.1 Å². The van der Waals surface area contributed by atoms with Gasteiger partial charge in [-0.3, -0.25) is 19.8 Å². The molecule has 0 unspecified atom stereocenters. The molecule has 3 amide bonds. The number of carbonyl (C=O) groups excluding carboxylic acids is 3. The summed E-state index contributed by atoms with van der Waals surface area (Å²) in [5.41, 5.74) is 9.98. The van der Waals surface area contributed by atoms with Crippen molar-refractivity contribution in [2.24, 2.45) is 5.73 Å². The topological polar surface area (TPSA) is 201 Å². The normalized spacial score (nSPS) is 16.9. The van der Waals surface area contributed by atoms with Gasteiger partial charge in [0.15, 0.2) is 0 Å². The van der Waals surface area contributed by atoms with E-state index < -0.39 is 29.6 Å². The number of H-pyrrole nitrogens is 2. The lowest BCUT2D eigenvalue weighted by atomic mass is 10.1. The fraction of sp³-hybridized carbons (Fsp3) is 0.225. The van der Waals surface area contributed by atoms with Crippen LogP contribution >= 0.6 is 0 Å². The maximum absolute atomic E-state index is 14.4. The molecule has 2 saturated heterocycles. The average molecular weight is 743 g/mol. The van der Waals surface area contributed by atoms with Crippen molar-refractivity contribution in [2.45, 2.75) is 44.7 Å². The molecule has 0 radical (unpaired) electrons. The number of fused-ring (bicyclic) bond motifs is 2. The molecule has 0 aliphatic carbocycles. The number of halogens is 2. The molecular weight excluding hydrogens is 707 g/mol. The minimum absolute atomic E-state index is 0.0379. The molecule has 0 saturated carbocycles. The fourth-order valence-corrected chi connectivity index (χ4v) is 7.46. The largest absolute Gasteiger partial charge is 0.384 e. The molecule has 0 spiro atoms. The Labute approximate surface area is 313 Å². The van der Waals surface area contributed by atoms with E-state index in [0.717, 1.165) is 5.56 Å². The number of nitrogens with one attached hydrogen (secondary N) is 5. The summed E-state index contributed by atoms with van der Waals surface area (Å²) in [6, 6.07) is 17.9. The van der Waals surface area contributed by atoms with Crippen molar-refractivity contribution in [1.29, 1.82) is 10.8 Å². The Bertz CT molecular complexity index is 2540. The highest BCUT2D eigenvalue weighted by Gasteiger charge is 2.42. The van der Waals surface area contributed by atoms with E-state index in [1.54, 1.807) is 58.3 Å². The van der Waals surface area contributed by atoms with Crippen molar-refractivity contribution in [3.8, 4) is 22.8 Å². The summed E-state index contributed by atoms with van der Waals surface area (Å²) in [6.45, 7) is 2.33. The van der Waals surface area contributed by atoms with Crippen molar-refractivity contribution >= 4 is 57.0 Å². The smallest absolute Gasteiger partial charge is 0.254 e. The molecule has 6 aromatic rings. The Morgan fingerprint density at radius 2 is 1.29 bits per heavy atom. The predicted octanol–water partition coefficient (Wildman–Crippen LogP) is 5.96. The number of amidine groups is 1. The Hall–Kier alpha value is -6.77. The van der Waals surface area contributed by atoms with Gasteiger partial charge < -0.3 is 36.2 Å². The molecule has 7 N–H and O–H groups in total. The SMILES string of the molecule is CC(=N)c1cc2nc(-c3ccc(NC(=O)[C@@H]4CCCN4C(=O)[C@@H]4CCCN4C(=O)c4ccc(-c5nc6cc(C(=N)N)c(F)cc6[nH]5)cc4)cc3)[nH]c2cc1F. The summed E-state index contributed by atoms with van der Waals surface area (Å²) in [4.78, 5) is 59.7. The van der Waals surface area contributed by atoms with E-state index in [1.165, 1.54) is 31.2 Å². The summed E-state index contributed by atoms with van der Waals surface area (Å²) >= 11 is 0. The number of amides is 3. The third-order valence-electron chi connectivity index (χ3n) is 10.3. The molecule has 8 rings (SSSR count). The van der Waals surface area contributed by atoms with Crippen LogP contribution in [0.5, 0.6) is 0 Å². The van der Waals surface area contributed by atoms with Crippen LogP contribution in [-0.4, -0.2) is 84.2 Å². The van der Waals surface area contributed by atoms with Crippen molar-refractivity contribution in [2.75, 3.05) is 18.4 Å².